The normalized spacial score (nSPS) is 66.0. The zero-order chi connectivity index (χ0) is 20.2. The lowest BCUT2D eigenvalue weighted by Crippen LogP contribution is -2.76. The zero-order valence-electron chi connectivity index (χ0n) is 19.3. The smallest absolute Gasteiger partial charge is 0.0297 e. The molecule has 0 radical (unpaired) electrons. The van der Waals surface area contributed by atoms with Gasteiger partial charge in [-0.3, -0.25) is 0 Å². The minimum Gasteiger partial charge on any atom is -0.325 e. The second kappa shape index (κ2) is 5.75. The zero-order valence-corrected chi connectivity index (χ0v) is 19.3. The second-order valence-corrected chi connectivity index (χ2v) is 12.3. The van der Waals surface area contributed by atoms with Crippen molar-refractivity contribution < 1.29 is 0 Å². The summed E-state index contributed by atoms with van der Waals surface area (Å²) in [6.45, 7) is 19.8. The lowest BCUT2D eigenvalue weighted by molar-refractivity contribution is -0.228. The number of hydrogen-bond acceptors (Lipinski definition) is 2. The Hall–Kier alpha value is -0.0800. The molecular formula is C25H46N2. The number of nitrogens with two attached hydrogens (primary N) is 2. The van der Waals surface area contributed by atoms with Crippen molar-refractivity contribution in [3.8, 4) is 0 Å². The molecule has 0 bridgehead atoms. The van der Waals surface area contributed by atoms with E-state index >= 15 is 0 Å². The van der Waals surface area contributed by atoms with Crippen LogP contribution in [0.5, 0.6) is 0 Å². The van der Waals surface area contributed by atoms with Gasteiger partial charge < -0.3 is 11.5 Å². The van der Waals surface area contributed by atoms with Crippen molar-refractivity contribution in [1.82, 2.24) is 0 Å². The summed E-state index contributed by atoms with van der Waals surface area (Å²) in [6.07, 6.45) is 6.77. The highest BCUT2D eigenvalue weighted by Crippen LogP contribution is 2.79. The Labute approximate surface area is 168 Å². The first kappa shape index (κ1) is 20.2. The van der Waals surface area contributed by atoms with Crippen LogP contribution in [0.25, 0.3) is 0 Å². The Morgan fingerprint density at radius 1 is 0.741 bits per heavy atom. The summed E-state index contributed by atoms with van der Waals surface area (Å²) >= 11 is 0. The molecule has 0 heterocycles. The van der Waals surface area contributed by atoms with Crippen molar-refractivity contribution >= 4 is 0 Å². The van der Waals surface area contributed by atoms with Crippen molar-refractivity contribution in [3.63, 3.8) is 0 Å². The van der Waals surface area contributed by atoms with Crippen LogP contribution >= 0.6 is 0 Å². The van der Waals surface area contributed by atoms with Crippen molar-refractivity contribution in [1.29, 1.82) is 0 Å². The van der Waals surface area contributed by atoms with E-state index in [1.807, 2.05) is 0 Å². The van der Waals surface area contributed by atoms with Gasteiger partial charge in [0, 0.05) is 16.5 Å². The largest absolute Gasteiger partial charge is 0.325 e. The minimum absolute atomic E-state index is 0.134. The Balaban J connectivity index is 1.96. The van der Waals surface area contributed by atoms with Gasteiger partial charge in [-0.2, -0.15) is 0 Å². The number of hydrogen-bond donors (Lipinski definition) is 2. The van der Waals surface area contributed by atoms with Crippen LogP contribution in [0, 0.1) is 58.2 Å². The fraction of sp³-hybridized carbons (Fsp3) is 1.00. The van der Waals surface area contributed by atoms with Crippen LogP contribution in [0.15, 0.2) is 0 Å². The van der Waals surface area contributed by atoms with E-state index in [1.165, 1.54) is 32.1 Å². The quantitative estimate of drug-likeness (QED) is 0.690. The lowest BCUT2D eigenvalue weighted by atomic mass is 9.33. The predicted molar refractivity (Wildman–Crippen MR) is 115 cm³/mol. The van der Waals surface area contributed by atoms with Crippen LogP contribution in [0.2, 0.25) is 0 Å². The Morgan fingerprint density at radius 2 is 1.37 bits per heavy atom. The molecule has 2 heteroatoms. The van der Waals surface area contributed by atoms with E-state index in [2.05, 4.69) is 55.4 Å². The van der Waals surface area contributed by atoms with E-state index in [9.17, 15) is 0 Å². The molecule has 0 amide bonds. The molecule has 12 unspecified atom stereocenters. The second-order valence-electron chi connectivity index (χ2n) is 12.3. The monoisotopic (exact) mass is 374 g/mol. The summed E-state index contributed by atoms with van der Waals surface area (Å²) in [5, 5.41) is 0. The summed E-state index contributed by atoms with van der Waals surface area (Å²) in [7, 11) is 0. The summed E-state index contributed by atoms with van der Waals surface area (Å²) < 4.78 is 0. The molecule has 2 nitrogen and oxygen atoms in total. The molecule has 4 aliphatic rings. The first-order valence-corrected chi connectivity index (χ1v) is 12.0. The molecule has 0 aliphatic heterocycles. The third-order valence-electron chi connectivity index (χ3n) is 12.1. The third-order valence-corrected chi connectivity index (χ3v) is 12.1. The maximum atomic E-state index is 7.86. The van der Waals surface area contributed by atoms with Crippen molar-refractivity contribution in [2.75, 3.05) is 0 Å². The summed E-state index contributed by atoms with van der Waals surface area (Å²) in [4.78, 5) is 0. The average molecular weight is 375 g/mol. The molecule has 4 rings (SSSR count). The fourth-order valence-electron chi connectivity index (χ4n) is 9.28. The van der Waals surface area contributed by atoms with Gasteiger partial charge in [-0.15, -0.1) is 0 Å². The Kier molecular flexibility index (Phi) is 4.30. The van der Waals surface area contributed by atoms with Gasteiger partial charge in [0.05, 0.1) is 0 Å². The first-order valence-electron chi connectivity index (χ1n) is 12.0. The third kappa shape index (κ3) is 1.96. The molecule has 0 aromatic rings. The van der Waals surface area contributed by atoms with Gasteiger partial charge in [0.15, 0.2) is 0 Å². The molecule has 4 aliphatic carbocycles. The lowest BCUT2D eigenvalue weighted by Gasteiger charge is -2.73. The van der Waals surface area contributed by atoms with Crippen LogP contribution in [0.3, 0.4) is 0 Å². The van der Waals surface area contributed by atoms with Gasteiger partial charge in [-0.25, -0.2) is 0 Å². The topological polar surface area (TPSA) is 52.0 Å². The summed E-state index contributed by atoms with van der Waals surface area (Å²) in [5.74, 6) is 5.34. The highest BCUT2D eigenvalue weighted by atomic mass is 15.0. The standard InChI is InChI=1S/C25H46N2/c1-14-9-10-20(14)24(22(7)12-11-16(22)3)18(5)23(8,26)19(6)25(24,27)21-13-15(2)17(21)4/h14-21H,9-13,26-27H2,1-8H3. The Bertz CT molecular complexity index is 613. The highest BCUT2D eigenvalue weighted by Gasteiger charge is 2.80. The van der Waals surface area contributed by atoms with Gasteiger partial charge in [0.1, 0.15) is 0 Å². The van der Waals surface area contributed by atoms with Gasteiger partial charge in [-0.05, 0) is 85.4 Å². The van der Waals surface area contributed by atoms with Gasteiger partial charge in [0.25, 0.3) is 0 Å². The van der Waals surface area contributed by atoms with Crippen LogP contribution in [0.4, 0.5) is 0 Å². The highest BCUT2D eigenvalue weighted by molar-refractivity contribution is 5.33. The van der Waals surface area contributed by atoms with E-state index in [0.29, 0.717) is 23.2 Å². The molecule has 0 spiro atoms. The molecular weight excluding hydrogens is 328 g/mol. The van der Waals surface area contributed by atoms with Crippen LogP contribution in [0.1, 0.15) is 87.5 Å². The van der Waals surface area contributed by atoms with Gasteiger partial charge in [-0.1, -0.05) is 54.9 Å². The van der Waals surface area contributed by atoms with Gasteiger partial charge in [0.2, 0.25) is 0 Å². The summed E-state index contributed by atoms with van der Waals surface area (Å²) in [5.41, 5.74) is 15.3. The van der Waals surface area contributed by atoms with E-state index < -0.39 is 0 Å². The van der Waals surface area contributed by atoms with Crippen LogP contribution < -0.4 is 11.5 Å². The summed E-state index contributed by atoms with van der Waals surface area (Å²) in [6, 6.07) is 0. The maximum Gasteiger partial charge on any atom is 0.0297 e. The molecule has 27 heavy (non-hydrogen) atoms. The van der Waals surface area contributed by atoms with Crippen molar-refractivity contribution in [2.24, 2.45) is 69.6 Å². The molecule has 4 saturated carbocycles. The SMILES string of the molecule is CC1CC(C2(N)C(C)C(C)(N)C(C)C2(C2CCC2C)C2(C)CCC2C)C1C. The average Bonchev–Trinajstić information content (AvgIpc) is 2.74. The predicted octanol–water partition coefficient (Wildman–Crippen LogP) is 5.45. The molecule has 0 saturated heterocycles. The van der Waals surface area contributed by atoms with Crippen LogP contribution in [-0.2, 0) is 0 Å². The maximum absolute atomic E-state index is 7.86. The molecule has 0 aromatic heterocycles. The molecule has 4 N–H and O–H groups in total. The molecule has 4 fully saturated rings. The number of rotatable bonds is 3. The Morgan fingerprint density at radius 3 is 1.70 bits per heavy atom. The first-order chi connectivity index (χ1) is 12.4. The van der Waals surface area contributed by atoms with Crippen molar-refractivity contribution in [2.45, 2.75) is 98.6 Å². The molecule has 0 aromatic carbocycles. The van der Waals surface area contributed by atoms with Crippen LogP contribution in [-0.4, -0.2) is 11.1 Å². The van der Waals surface area contributed by atoms with E-state index in [-0.39, 0.29) is 16.5 Å². The van der Waals surface area contributed by atoms with Gasteiger partial charge >= 0.3 is 0 Å². The van der Waals surface area contributed by atoms with E-state index in [1.54, 1.807) is 0 Å². The molecule has 156 valence electrons. The minimum atomic E-state index is -0.180. The van der Waals surface area contributed by atoms with E-state index in [0.717, 1.165) is 29.6 Å². The fourth-order valence-corrected chi connectivity index (χ4v) is 9.28. The van der Waals surface area contributed by atoms with E-state index in [4.69, 9.17) is 11.5 Å². The molecule has 12 atom stereocenters. The van der Waals surface area contributed by atoms with Crippen molar-refractivity contribution in [3.05, 3.63) is 0 Å².